The minimum atomic E-state index is 0.298. The molecule has 4 rings (SSSR count). The normalized spacial score (nSPS) is 17.2. The molecule has 0 unspecified atom stereocenters. The lowest BCUT2D eigenvalue weighted by Gasteiger charge is -2.27. The van der Waals surface area contributed by atoms with Crippen LogP contribution < -0.4 is 20.1 Å². The lowest BCUT2D eigenvalue weighted by molar-refractivity contribution is 0.174. The first-order valence-electron chi connectivity index (χ1n) is 8.97. The maximum atomic E-state index is 5.48. The van der Waals surface area contributed by atoms with Gasteiger partial charge < -0.3 is 20.1 Å². The van der Waals surface area contributed by atoms with E-state index in [9.17, 15) is 0 Å². The summed E-state index contributed by atoms with van der Waals surface area (Å²) in [6, 6.07) is 10.7. The van der Waals surface area contributed by atoms with Crippen LogP contribution in [0.2, 0.25) is 0 Å². The molecular weight excluding hydrogens is 366 g/mol. The van der Waals surface area contributed by atoms with Crippen LogP contribution in [0.4, 0.5) is 0 Å². The quantitative estimate of drug-likeness (QED) is 0.740. The first kappa shape index (κ1) is 17.6. The van der Waals surface area contributed by atoms with Crippen LogP contribution >= 0.6 is 23.6 Å². The van der Waals surface area contributed by atoms with Gasteiger partial charge in [-0.25, -0.2) is 0 Å². The smallest absolute Gasteiger partial charge is 0.231 e. The molecule has 1 aromatic carbocycles. The molecule has 2 aliphatic heterocycles. The zero-order chi connectivity index (χ0) is 17.8. The fourth-order valence-electron chi connectivity index (χ4n) is 3.43. The topological polar surface area (TPSA) is 45.8 Å². The van der Waals surface area contributed by atoms with Gasteiger partial charge in [-0.1, -0.05) is 12.1 Å². The fourth-order valence-corrected chi connectivity index (χ4v) is 4.45. The Kier molecular flexibility index (Phi) is 5.57. The summed E-state index contributed by atoms with van der Waals surface area (Å²) in [4.78, 5) is 3.96. The molecular formula is C19H23N3O2S2. The summed E-state index contributed by atoms with van der Waals surface area (Å²) in [6.07, 6.45) is 2.57. The van der Waals surface area contributed by atoms with Crippen molar-refractivity contribution >= 4 is 28.7 Å². The third-order valence-corrected chi connectivity index (χ3v) is 6.06. The Morgan fingerprint density at radius 2 is 2.00 bits per heavy atom. The summed E-state index contributed by atoms with van der Waals surface area (Å²) in [5.41, 5.74) is 1.12. The molecule has 2 aromatic rings. The van der Waals surface area contributed by atoms with Gasteiger partial charge in [-0.2, -0.15) is 0 Å². The first-order valence-corrected chi connectivity index (χ1v) is 10.3. The largest absolute Gasteiger partial charge is 0.454 e. The minimum absolute atomic E-state index is 0.298. The van der Waals surface area contributed by atoms with Crippen molar-refractivity contribution in [2.24, 2.45) is 0 Å². The lowest BCUT2D eigenvalue weighted by atomic mass is 10.2. The first-order chi connectivity index (χ1) is 12.8. The predicted molar refractivity (Wildman–Crippen MR) is 108 cm³/mol. The number of fused-ring (bicyclic) bond motifs is 1. The Morgan fingerprint density at radius 1 is 1.15 bits per heavy atom. The van der Waals surface area contributed by atoms with Gasteiger partial charge in [-0.3, -0.25) is 4.90 Å². The number of thiocarbonyl (C=S) groups is 1. The standard InChI is InChI=1S/C19H23N3O2S2/c25-19(20-11-14-5-6-16-17(10-14)24-13-23-16)21-12-15(18-4-3-9-26-18)22-7-1-2-8-22/h3-6,9-10,15H,1-2,7-8,11-13H2,(H2,20,21,25)/t15-/m0/s1. The molecule has 0 bridgehead atoms. The number of thiophene rings is 1. The predicted octanol–water partition coefficient (Wildman–Crippen LogP) is 3.28. The second-order valence-electron chi connectivity index (χ2n) is 6.53. The van der Waals surface area contributed by atoms with E-state index >= 15 is 0 Å². The monoisotopic (exact) mass is 389 g/mol. The molecule has 2 N–H and O–H groups in total. The van der Waals surface area contributed by atoms with Crippen molar-refractivity contribution < 1.29 is 9.47 Å². The summed E-state index contributed by atoms with van der Waals surface area (Å²) in [7, 11) is 0. The van der Waals surface area contributed by atoms with Crippen LogP contribution in [0.25, 0.3) is 0 Å². The van der Waals surface area contributed by atoms with Crippen molar-refractivity contribution in [3.8, 4) is 11.5 Å². The number of nitrogens with zero attached hydrogens (tertiary/aromatic N) is 1. The molecule has 1 aromatic heterocycles. The van der Waals surface area contributed by atoms with Gasteiger partial charge >= 0.3 is 0 Å². The molecule has 1 saturated heterocycles. The molecule has 0 spiro atoms. The second kappa shape index (κ2) is 8.24. The maximum absolute atomic E-state index is 5.48. The van der Waals surface area contributed by atoms with Gasteiger partial charge in [0.15, 0.2) is 16.6 Å². The average Bonchev–Trinajstić information content (AvgIpc) is 3.41. The molecule has 1 atom stereocenters. The Balaban J connectivity index is 1.29. The van der Waals surface area contributed by atoms with Gasteiger partial charge in [-0.05, 0) is 67.3 Å². The average molecular weight is 390 g/mol. The van der Waals surface area contributed by atoms with Crippen molar-refractivity contribution in [1.29, 1.82) is 0 Å². The third-order valence-electron chi connectivity index (χ3n) is 4.80. The highest BCUT2D eigenvalue weighted by Crippen LogP contribution is 2.32. The fraction of sp³-hybridized carbons (Fsp3) is 0.421. The van der Waals surface area contributed by atoms with E-state index in [0.717, 1.165) is 23.6 Å². The Labute approximate surface area is 163 Å². The van der Waals surface area contributed by atoms with Crippen LogP contribution in [0.15, 0.2) is 35.7 Å². The summed E-state index contributed by atoms with van der Waals surface area (Å²) < 4.78 is 10.8. The number of rotatable bonds is 6. The van der Waals surface area contributed by atoms with E-state index in [1.54, 1.807) is 0 Å². The highest BCUT2D eigenvalue weighted by Gasteiger charge is 2.24. The summed E-state index contributed by atoms with van der Waals surface area (Å²) in [5, 5.41) is 9.52. The Hall–Kier alpha value is -1.83. The SMILES string of the molecule is S=C(NCc1ccc2c(c1)OCO2)NC[C@@H](c1cccs1)N1CCCC1. The van der Waals surface area contributed by atoms with Crippen molar-refractivity contribution in [3.05, 3.63) is 46.2 Å². The summed E-state index contributed by atoms with van der Waals surface area (Å²) in [5.74, 6) is 1.61. The van der Waals surface area contributed by atoms with E-state index < -0.39 is 0 Å². The molecule has 0 radical (unpaired) electrons. The van der Waals surface area contributed by atoms with Crippen molar-refractivity contribution in [2.45, 2.75) is 25.4 Å². The van der Waals surface area contributed by atoms with E-state index in [0.29, 0.717) is 24.5 Å². The summed E-state index contributed by atoms with van der Waals surface area (Å²) in [6.45, 7) is 4.12. The third kappa shape index (κ3) is 4.11. The molecule has 138 valence electrons. The number of hydrogen-bond acceptors (Lipinski definition) is 5. The molecule has 7 heteroatoms. The van der Waals surface area contributed by atoms with E-state index in [2.05, 4.69) is 33.0 Å². The molecule has 0 amide bonds. The van der Waals surface area contributed by atoms with Crippen LogP contribution in [-0.2, 0) is 6.54 Å². The van der Waals surface area contributed by atoms with Crippen LogP contribution in [0, 0.1) is 0 Å². The Bertz CT molecular complexity index is 745. The number of benzene rings is 1. The number of hydrogen-bond donors (Lipinski definition) is 2. The van der Waals surface area contributed by atoms with Crippen LogP contribution in [-0.4, -0.2) is 36.4 Å². The van der Waals surface area contributed by atoms with Crippen LogP contribution in [0.1, 0.15) is 29.3 Å². The molecule has 1 fully saturated rings. The van der Waals surface area contributed by atoms with E-state index in [1.807, 2.05) is 29.5 Å². The van der Waals surface area contributed by atoms with Crippen molar-refractivity contribution in [3.63, 3.8) is 0 Å². The van der Waals surface area contributed by atoms with Crippen molar-refractivity contribution in [2.75, 3.05) is 26.4 Å². The highest BCUT2D eigenvalue weighted by atomic mass is 32.1. The molecule has 0 saturated carbocycles. The van der Waals surface area contributed by atoms with Gasteiger partial charge in [0.2, 0.25) is 6.79 Å². The molecule has 2 aliphatic rings. The van der Waals surface area contributed by atoms with Gasteiger partial charge in [0, 0.05) is 18.0 Å². The maximum Gasteiger partial charge on any atom is 0.231 e. The second-order valence-corrected chi connectivity index (χ2v) is 7.91. The molecule has 3 heterocycles. The zero-order valence-corrected chi connectivity index (χ0v) is 16.2. The number of likely N-dealkylation sites (tertiary alicyclic amines) is 1. The summed E-state index contributed by atoms with van der Waals surface area (Å²) >= 11 is 7.30. The van der Waals surface area contributed by atoms with Gasteiger partial charge in [0.05, 0.1) is 6.04 Å². The number of nitrogens with one attached hydrogen (secondary N) is 2. The molecule has 26 heavy (non-hydrogen) atoms. The van der Waals surface area contributed by atoms with E-state index in [-0.39, 0.29) is 0 Å². The van der Waals surface area contributed by atoms with Gasteiger partial charge in [0.1, 0.15) is 0 Å². The minimum Gasteiger partial charge on any atom is -0.454 e. The Morgan fingerprint density at radius 3 is 2.81 bits per heavy atom. The van der Waals surface area contributed by atoms with Gasteiger partial charge in [-0.15, -0.1) is 11.3 Å². The van der Waals surface area contributed by atoms with Crippen LogP contribution in [0.3, 0.4) is 0 Å². The van der Waals surface area contributed by atoms with Crippen LogP contribution in [0.5, 0.6) is 11.5 Å². The number of ether oxygens (including phenoxy) is 2. The highest BCUT2D eigenvalue weighted by molar-refractivity contribution is 7.80. The van der Waals surface area contributed by atoms with E-state index in [1.165, 1.54) is 30.8 Å². The zero-order valence-electron chi connectivity index (χ0n) is 14.6. The van der Waals surface area contributed by atoms with Crippen molar-refractivity contribution in [1.82, 2.24) is 15.5 Å². The van der Waals surface area contributed by atoms with E-state index in [4.69, 9.17) is 21.7 Å². The lowest BCUT2D eigenvalue weighted by Crippen LogP contribution is -2.41. The molecule has 5 nitrogen and oxygen atoms in total. The van der Waals surface area contributed by atoms with Gasteiger partial charge in [0.25, 0.3) is 0 Å². The molecule has 0 aliphatic carbocycles.